The van der Waals surface area contributed by atoms with E-state index in [0.717, 1.165) is 28.6 Å². The summed E-state index contributed by atoms with van der Waals surface area (Å²) in [5.41, 5.74) is 2.60. The van der Waals surface area contributed by atoms with E-state index in [1.807, 2.05) is 30.3 Å². The Morgan fingerprint density at radius 1 is 1.19 bits per heavy atom. The predicted molar refractivity (Wildman–Crippen MR) is 123 cm³/mol. The van der Waals surface area contributed by atoms with E-state index in [2.05, 4.69) is 4.99 Å². The van der Waals surface area contributed by atoms with Crippen molar-refractivity contribution in [2.24, 2.45) is 10.1 Å². The fraction of sp³-hybridized carbons (Fsp3) is 0.273. The highest BCUT2D eigenvalue weighted by Crippen LogP contribution is 2.41. The Hall–Kier alpha value is -3.04. The third-order valence-corrected chi connectivity index (χ3v) is 6.56. The number of nitrogens with zero attached hydrogens (tertiary/aromatic N) is 3. The number of carbonyl (C=O) groups is 2. The van der Waals surface area contributed by atoms with Gasteiger partial charge in [0.25, 0.3) is 5.91 Å². The molecule has 0 saturated heterocycles. The van der Waals surface area contributed by atoms with Crippen molar-refractivity contribution < 1.29 is 24.2 Å². The van der Waals surface area contributed by atoms with E-state index in [-0.39, 0.29) is 12.5 Å². The molecule has 2 aliphatic rings. The average Bonchev–Trinajstić information content (AvgIpc) is 3.37. The first kappa shape index (κ1) is 22.2. The Morgan fingerprint density at radius 3 is 2.56 bits per heavy atom. The van der Waals surface area contributed by atoms with Crippen LogP contribution in [0.1, 0.15) is 30.0 Å². The van der Waals surface area contributed by atoms with E-state index in [1.165, 1.54) is 0 Å². The van der Waals surface area contributed by atoms with E-state index < -0.39 is 17.1 Å². The van der Waals surface area contributed by atoms with Crippen LogP contribution in [0, 0.1) is 0 Å². The Bertz CT molecular complexity index is 1120. The van der Waals surface area contributed by atoms with Gasteiger partial charge in [-0.25, -0.2) is 5.01 Å². The predicted octanol–water partition coefficient (Wildman–Crippen LogP) is 3.98. The van der Waals surface area contributed by atoms with Crippen molar-refractivity contribution in [2.45, 2.75) is 24.1 Å². The van der Waals surface area contributed by atoms with Gasteiger partial charge in [0.15, 0.2) is 16.7 Å². The van der Waals surface area contributed by atoms with Gasteiger partial charge in [0.2, 0.25) is 0 Å². The number of hydrogen-bond acceptors (Lipinski definition) is 7. The van der Waals surface area contributed by atoms with Crippen LogP contribution in [0.2, 0.25) is 5.02 Å². The molecule has 0 saturated carbocycles. The van der Waals surface area contributed by atoms with Crippen molar-refractivity contribution in [3.05, 3.63) is 58.6 Å². The van der Waals surface area contributed by atoms with Crippen molar-refractivity contribution in [3.63, 3.8) is 0 Å². The molecule has 0 spiro atoms. The third-order valence-electron chi connectivity index (χ3n) is 5.17. The number of ether oxygens (including phenoxy) is 2. The van der Waals surface area contributed by atoms with E-state index in [4.69, 9.17) is 31.3 Å². The lowest BCUT2D eigenvalue weighted by atomic mass is 9.98. The molecule has 0 aliphatic carbocycles. The molecule has 10 heteroatoms. The number of amidine groups is 1. The minimum atomic E-state index is -1.05. The standard InChI is InChI=1S/C22H20ClN3O5S/c1-30-17-8-5-13(9-18(17)31-2)16-10-15(12-3-6-14(23)7-4-12)25-26(16)22-24-21(29)19(32-22)11-20(27)28/h3-9,16,19H,10-11H2,1-2H3,(H,27,28). The number of thioether (sulfide) groups is 1. The molecule has 0 bridgehead atoms. The van der Waals surface area contributed by atoms with Gasteiger partial charge in [0, 0.05) is 11.4 Å². The maximum atomic E-state index is 12.3. The summed E-state index contributed by atoms with van der Waals surface area (Å²) < 4.78 is 10.8. The molecule has 2 heterocycles. The highest BCUT2D eigenvalue weighted by molar-refractivity contribution is 8.15. The summed E-state index contributed by atoms with van der Waals surface area (Å²) in [6.07, 6.45) is 0.258. The van der Waals surface area contributed by atoms with E-state index in [0.29, 0.717) is 28.1 Å². The van der Waals surface area contributed by atoms with Gasteiger partial charge >= 0.3 is 5.97 Å². The van der Waals surface area contributed by atoms with Crippen LogP contribution in [-0.4, -0.2) is 52.3 Å². The summed E-state index contributed by atoms with van der Waals surface area (Å²) in [4.78, 5) is 27.5. The summed E-state index contributed by atoms with van der Waals surface area (Å²) in [6, 6.07) is 12.7. The number of carboxylic acid groups (broad SMARTS) is 1. The molecule has 166 valence electrons. The molecule has 2 atom stereocenters. The molecular weight excluding hydrogens is 454 g/mol. The van der Waals surface area contributed by atoms with Crippen LogP contribution >= 0.6 is 23.4 Å². The molecule has 2 unspecified atom stereocenters. The minimum Gasteiger partial charge on any atom is -0.493 e. The monoisotopic (exact) mass is 473 g/mol. The molecule has 0 radical (unpaired) electrons. The third kappa shape index (κ3) is 4.44. The van der Waals surface area contributed by atoms with Crippen LogP contribution in [0.4, 0.5) is 0 Å². The lowest BCUT2D eigenvalue weighted by Crippen LogP contribution is -2.24. The number of benzene rings is 2. The van der Waals surface area contributed by atoms with Gasteiger partial charge in [-0.2, -0.15) is 10.1 Å². The normalized spacial score (nSPS) is 20.2. The zero-order valence-corrected chi connectivity index (χ0v) is 18.9. The summed E-state index contributed by atoms with van der Waals surface area (Å²) in [6.45, 7) is 0. The minimum absolute atomic E-state index is 0.261. The molecule has 2 aromatic rings. The van der Waals surface area contributed by atoms with Crippen molar-refractivity contribution in [2.75, 3.05) is 14.2 Å². The molecule has 8 nitrogen and oxygen atoms in total. The second kappa shape index (κ2) is 9.22. The second-order valence-electron chi connectivity index (χ2n) is 7.17. The lowest BCUT2D eigenvalue weighted by Gasteiger charge is -2.23. The maximum absolute atomic E-state index is 12.3. The summed E-state index contributed by atoms with van der Waals surface area (Å²) in [5.74, 6) is -0.334. The van der Waals surface area contributed by atoms with Crippen LogP contribution in [0.15, 0.2) is 52.6 Å². The summed E-state index contributed by atoms with van der Waals surface area (Å²) in [7, 11) is 3.13. The number of carbonyl (C=O) groups excluding carboxylic acids is 1. The zero-order chi connectivity index (χ0) is 22.8. The fourth-order valence-electron chi connectivity index (χ4n) is 3.59. The topological polar surface area (TPSA) is 101 Å². The van der Waals surface area contributed by atoms with Gasteiger partial charge < -0.3 is 14.6 Å². The average molecular weight is 474 g/mol. The first-order chi connectivity index (χ1) is 15.4. The molecular formula is C22H20ClN3O5S. The Labute approximate surface area is 193 Å². The van der Waals surface area contributed by atoms with Gasteiger partial charge in [-0.1, -0.05) is 41.6 Å². The largest absolute Gasteiger partial charge is 0.493 e. The van der Waals surface area contributed by atoms with Crippen molar-refractivity contribution in [1.82, 2.24) is 5.01 Å². The molecule has 4 rings (SSSR count). The van der Waals surface area contributed by atoms with Gasteiger partial charge in [-0.3, -0.25) is 9.59 Å². The van der Waals surface area contributed by atoms with Crippen LogP contribution in [0.25, 0.3) is 0 Å². The second-order valence-corrected chi connectivity index (χ2v) is 8.78. The molecule has 1 N–H and O–H groups in total. The van der Waals surface area contributed by atoms with Crippen molar-refractivity contribution in [1.29, 1.82) is 0 Å². The van der Waals surface area contributed by atoms with E-state index in [1.54, 1.807) is 31.4 Å². The smallest absolute Gasteiger partial charge is 0.305 e. The number of aliphatic imine (C=N–C) groups is 1. The Morgan fingerprint density at radius 2 is 1.91 bits per heavy atom. The van der Waals surface area contributed by atoms with Crippen LogP contribution in [-0.2, 0) is 9.59 Å². The van der Waals surface area contributed by atoms with E-state index in [9.17, 15) is 9.59 Å². The first-order valence-corrected chi connectivity index (χ1v) is 11.0. The Kier molecular flexibility index (Phi) is 6.38. The SMILES string of the molecule is COc1ccc(C2CC(c3ccc(Cl)cc3)=NN2C2=NC(=O)C(CC(=O)O)S2)cc1OC. The van der Waals surface area contributed by atoms with Crippen molar-refractivity contribution in [3.8, 4) is 11.5 Å². The zero-order valence-electron chi connectivity index (χ0n) is 17.3. The van der Waals surface area contributed by atoms with Crippen LogP contribution < -0.4 is 9.47 Å². The van der Waals surface area contributed by atoms with Gasteiger partial charge in [0.05, 0.1) is 32.4 Å². The number of carboxylic acids is 1. The molecule has 0 fully saturated rings. The summed E-state index contributed by atoms with van der Waals surface area (Å²) in [5, 5.41) is 15.8. The number of aliphatic carboxylic acids is 1. The van der Waals surface area contributed by atoms with E-state index >= 15 is 0 Å². The first-order valence-electron chi connectivity index (χ1n) is 9.75. The molecule has 0 aromatic heterocycles. The molecule has 32 heavy (non-hydrogen) atoms. The molecule has 1 amide bonds. The van der Waals surface area contributed by atoms with Crippen molar-refractivity contribution >= 4 is 46.1 Å². The quantitative estimate of drug-likeness (QED) is 0.677. The molecule has 2 aliphatic heterocycles. The van der Waals surface area contributed by atoms with Gasteiger partial charge in [-0.05, 0) is 35.4 Å². The maximum Gasteiger partial charge on any atom is 0.305 e. The number of hydrogen-bond donors (Lipinski definition) is 1. The van der Waals surface area contributed by atoms with Crippen LogP contribution in [0.5, 0.6) is 11.5 Å². The molecule has 2 aromatic carbocycles. The fourth-order valence-corrected chi connectivity index (χ4v) is 4.76. The number of halogens is 1. The number of amides is 1. The highest BCUT2D eigenvalue weighted by Gasteiger charge is 2.39. The lowest BCUT2D eigenvalue weighted by molar-refractivity contribution is -0.138. The Balaban J connectivity index is 1.70. The number of methoxy groups -OCH3 is 2. The number of hydrazone groups is 1. The van der Waals surface area contributed by atoms with Gasteiger partial charge in [-0.15, -0.1) is 0 Å². The highest BCUT2D eigenvalue weighted by atomic mass is 35.5. The van der Waals surface area contributed by atoms with Crippen LogP contribution in [0.3, 0.4) is 0 Å². The van der Waals surface area contributed by atoms with Gasteiger partial charge in [0.1, 0.15) is 5.25 Å². The number of rotatable bonds is 6. The summed E-state index contributed by atoms with van der Waals surface area (Å²) >= 11 is 7.15.